The predicted octanol–water partition coefficient (Wildman–Crippen LogP) is 3.15. The van der Waals surface area contributed by atoms with Gasteiger partial charge in [0.05, 0.1) is 11.4 Å². The van der Waals surface area contributed by atoms with Gasteiger partial charge >= 0.3 is 0 Å². The van der Waals surface area contributed by atoms with Gasteiger partial charge in [0, 0.05) is 18.3 Å². The highest BCUT2D eigenvalue weighted by molar-refractivity contribution is 5.80. The van der Waals surface area contributed by atoms with Crippen LogP contribution in [-0.4, -0.2) is 24.0 Å². The summed E-state index contributed by atoms with van der Waals surface area (Å²) in [6, 6.07) is 15.7. The minimum Gasteiger partial charge on any atom is -0.376 e. The van der Waals surface area contributed by atoms with Gasteiger partial charge in [-0.1, -0.05) is 42.2 Å². The standard InChI is InChI=1S/C23H20FN3O/c24-19-8-6-17(7-9-19)22-23(18-12-14-25-15-13-18)27-21(26-22)11-10-20(28)16-4-2-1-3-5-16/h1-9,12,14,20-21,26-28H,13,15H2. The minimum atomic E-state index is -0.857. The number of dihydropyridines is 1. The molecule has 0 amide bonds. The molecular weight excluding hydrogens is 353 g/mol. The predicted molar refractivity (Wildman–Crippen MR) is 109 cm³/mol. The molecule has 0 saturated carbocycles. The molecule has 2 aliphatic rings. The summed E-state index contributed by atoms with van der Waals surface area (Å²) < 4.78 is 13.3. The van der Waals surface area contributed by atoms with Crippen LogP contribution in [0.5, 0.6) is 0 Å². The maximum absolute atomic E-state index is 13.3. The molecule has 2 aromatic rings. The second kappa shape index (κ2) is 8.12. The maximum Gasteiger partial charge on any atom is 0.161 e. The molecule has 0 spiro atoms. The fraction of sp³-hybridized carbons (Fsp3) is 0.174. The largest absolute Gasteiger partial charge is 0.376 e. The molecule has 5 heteroatoms. The Labute approximate surface area is 163 Å². The molecule has 2 atom stereocenters. The molecule has 2 unspecified atom stereocenters. The molecule has 0 saturated heterocycles. The fourth-order valence-corrected chi connectivity index (χ4v) is 3.21. The summed E-state index contributed by atoms with van der Waals surface area (Å²) in [6.07, 6.45) is 3.38. The summed E-state index contributed by atoms with van der Waals surface area (Å²) in [5.41, 5.74) is 4.56. The van der Waals surface area contributed by atoms with E-state index in [1.165, 1.54) is 12.1 Å². The molecule has 4 rings (SSSR count). The van der Waals surface area contributed by atoms with Crippen LogP contribution in [0.25, 0.3) is 5.70 Å². The lowest BCUT2D eigenvalue weighted by Crippen LogP contribution is -2.31. The number of aliphatic hydroxyl groups excluding tert-OH is 1. The van der Waals surface area contributed by atoms with Gasteiger partial charge in [-0.25, -0.2) is 4.39 Å². The molecule has 2 aliphatic heterocycles. The highest BCUT2D eigenvalue weighted by Crippen LogP contribution is 2.27. The Kier molecular flexibility index (Phi) is 5.22. The van der Waals surface area contributed by atoms with Crippen molar-refractivity contribution in [1.82, 2.24) is 10.6 Å². The van der Waals surface area contributed by atoms with E-state index < -0.39 is 6.10 Å². The summed E-state index contributed by atoms with van der Waals surface area (Å²) in [4.78, 5) is 4.24. The van der Waals surface area contributed by atoms with Crippen LogP contribution in [0.3, 0.4) is 0 Å². The van der Waals surface area contributed by atoms with E-state index in [0.29, 0.717) is 0 Å². The van der Waals surface area contributed by atoms with Crippen molar-refractivity contribution in [2.24, 2.45) is 4.99 Å². The lowest BCUT2D eigenvalue weighted by Gasteiger charge is -2.12. The van der Waals surface area contributed by atoms with E-state index in [4.69, 9.17) is 0 Å². The second-order valence-corrected chi connectivity index (χ2v) is 6.58. The van der Waals surface area contributed by atoms with Crippen LogP contribution in [0.4, 0.5) is 4.39 Å². The number of nitrogens with zero attached hydrogens (tertiary/aromatic N) is 1. The van der Waals surface area contributed by atoms with Gasteiger partial charge < -0.3 is 15.7 Å². The first-order valence-electron chi connectivity index (χ1n) is 9.17. The van der Waals surface area contributed by atoms with Crippen molar-refractivity contribution in [2.45, 2.75) is 18.7 Å². The Bertz CT molecular complexity index is 998. The van der Waals surface area contributed by atoms with Crippen LogP contribution < -0.4 is 10.6 Å². The van der Waals surface area contributed by atoms with E-state index in [1.807, 2.05) is 36.4 Å². The molecule has 140 valence electrons. The van der Waals surface area contributed by atoms with Crippen molar-refractivity contribution in [3.63, 3.8) is 0 Å². The normalized spacial score (nSPS) is 19.2. The second-order valence-electron chi connectivity index (χ2n) is 6.58. The first-order valence-corrected chi connectivity index (χ1v) is 9.17. The fourth-order valence-electron chi connectivity index (χ4n) is 3.21. The average molecular weight is 373 g/mol. The number of nitrogens with one attached hydrogen (secondary N) is 2. The van der Waals surface area contributed by atoms with Crippen molar-refractivity contribution in [2.75, 3.05) is 6.54 Å². The zero-order chi connectivity index (χ0) is 19.3. The zero-order valence-corrected chi connectivity index (χ0v) is 15.2. The molecular formula is C23H20FN3O. The van der Waals surface area contributed by atoms with Crippen LogP contribution in [0.15, 0.2) is 76.9 Å². The van der Waals surface area contributed by atoms with Crippen LogP contribution in [0.2, 0.25) is 0 Å². The van der Waals surface area contributed by atoms with Gasteiger partial charge in [-0.15, -0.1) is 0 Å². The number of aliphatic hydroxyl groups is 1. The highest BCUT2D eigenvalue weighted by Gasteiger charge is 2.25. The van der Waals surface area contributed by atoms with E-state index in [0.717, 1.165) is 41.1 Å². The first kappa shape index (κ1) is 18.0. The van der Waals surface area contributed by atoms with Crippen LogP contribution in [0.1, 0.15) is 23.7 Å². The van der Waals surface area contributed by atoms with Gasteiger partial charge in [0.25, 0.3) is 0 Å². The van der Waals surface area contributed by atoms with Crippen molar-refractivity contribution < 1.29 is 9.50 Å². The van der Waals surface area contributed by atoms with Gasteiger partial charge in [-0.2, -0.15) is 0 Å². The van der Waals surface area contributed by atoms with Gasteiger partial charge in [0.15, 0.2) is 6.17 Å². The molecule has 4 nitrogen and oxygen atoms in total. The molecule has 0 aliphatic carbocycles. The maximum atomic E-state index is 13.3. The molecule has 28 heavy (non-hydrogen) atoms. The highest BCUT2D eigenvalue weighted by atomic mass is 19.1. The minimum absolute atomic E-state index is 0.275. The van der Waals surface area contributed by atoms with E-state index in [-0.39, 0.29) is 12.0 Å². The Morgan fingerprint density at radius 1 is 1.04 bits per heavy atom. The van der Waals surface area contributed by atoms with Gasteiger partial charge in [0.1, 0.15) is 11.9 Å². The Hall–Kier alpha value is -3.36. The number of allylic oxidation sites excluding steroid dienone is 2. The summed E-state index contributed by atoms with van der Waals surface area (Å²) in [5, 5.41) is 17.0. The quantitative estimate of drug-likeness (QED) is 0.725. The third kappa shape index (κ3) is 3.98. The molecule has 2 heterocycles. The summed E-state index contributed by atoms with van der Waals surface area (Å²) in [7, 11) is 0. The Balaban J connectivity index is 1.59. The zero-order valence-electron chi connectivity index (χ0n) is 15.2. The van der Waals surface area contributed by atoms with Crippen molar-refractivity contribution >= 4 is 11.9 Å². The van der Waals surface area contributed by atoms with E-state index in [2.05, 4.69) is 27.5 Å². The lowest BCUT2D eigenvalue weighted by molar-refractivity contribution is 0.238. The summed E-state index contributed by atoms with van der Waals surface area (Å²) in [5.74, 6) is 5.68. The van der Waals surface area contributed by atoms with Gasteiger partial charge in [-0.3, -0.25) is 4.99 Å². The average Bonchev–Trinajstić information content (AvgIpc) is 3.18. The van der Waals surface area contributed by atoms with Crippen molar-refractivity contribution in [3.8, 4) is 11.8 Å². The van der Waals surface area contributed by atoms with Gasteiger partial charge in [-0.05, 0) is 47.9 Å². The number of aliphatic imine (C=N–C) groups is 1. The third-order valence-corrected chi connectivity index (χ3v) is 4.65. The Morgan fingerprint density at radius 3 is 2.50 bits per heavy atom. The van der Waals surface area contributed by atoms with E-state index >= 15 is 0 Å². The van der Waals surface area contributed by atoms with Crippen LogP contribution in [0, 0.1) is 17.7 Å². The Morgan fingerprint density at radius 2 is 1.79 bits per heavy atom. The monoisotopic (exact) mass is 373 g/mol. The molecule has 2 aromatic carbocycles. The number of benzene rings is 2. The molecule has 0 bridgehead atoms. The number of hydrogen-bond acceptors (Lipinski definition) is 4. The smallest absolute Gasteiger partial charge is 0.161 e. The van der Waals surface area contributed by atoms with Gasteiger partial charge in [0.2, 0.25) is 0 Å². The van der Waals surface area contributed by atoms with Crippen molar-refractivity contribution in [1.29, 1.82) is 0 Å². The number of hydrogen-bond donors (Lipinski definition) is 3. The summed E-state index contributed by atoms with van der Waals surface area (Å²) in [6.45, 7) is 0.733. The molecule has 0 aromatic heterocycles. The lowest BCUT2D eigenvalue weighted by atomic mass is 10.0. The SMILES string of the molecule is OC(C#CC1NC(C2=CC=NCC2)=C(c2ccc(F)cc2)N1)c1ccccc1. The molecule has 0 radical (unpaired) electrons. The van der Waals surface area contributed by atoms with Crippen LogP contribution >= 0.6 is 0 Å². The van der Waals surface area contributed by atoms with Crippen LogP contribution in [-0.2, 0) is 0 Å². The summed E-state index contributed by atoms with van der Waals surface area (Å²) >= 11 is 0. The third-order valence-electron chi connectivity index (χ3n) is 4.65. The topological polar surface area (TPSA) is 56.6 Å². The van der Waals surface area contributed by atoms with E-state index in [1.54, 1.807) is 18.3 Å². The first-order chi connectivity index (χ1) is 13.7. The molecule has 3 N–H and O–H groups in total. The van der Waals surface area contributed by atoms with Crippen molar-refractivity contribution in [3.05, 3.63) is 88.9 Å². The molecule has 0 fully saturated rings. The number of halogens is 1. The van der Waals surface area contributed by atoms with E-state index in [9.17, 15) is 9.50 Å². The number of rotatable bonds is 3.